The minimum absolute atomic E-state index is 0.180. The number of para-hydroxylation sites is 1. The van der Waals surface area contributed by atoms with Crippen LogP contribution in [-0.4, -0.2) is 23.3 Å². The molecule has 0 saturated heterocycles. The van der Waals surface area contributed by atoms with Gasteiger partial charge in [0.2, 0.25) is 0 Å². The van der Waals surface area contributed by atoms with Gasteiger partial charge in [-0.3, -0.25) is 14.6 Å². The first kappa shape index (κ1) is 19.6. The number of carbonyl (C=O) groups excluding carboxylic acids is 2. The third kappa shape index (κ3) is 5.41. The molecule has 0 unspecified atom stereocenters. The number of benzene rings is 1. The Balaban J connectivity index is 2.07. The number of aromatic nitrogens is 1. The van der Waals surface area contributed by atoms with E-state index in [-0.39, 0.29) is 17.5 Å². The summed E-state index contributed by atoms with van der Waals surface area (Å²) < 4.78 is 0. The largest absolute Gasteiger partial charge is 0.352 e. The zero-order valence-corrected chi connectivity index (χ0v) is 15.7. The van der Waals surface area contributed by atoms with Crippen LogP contribution >= 0.6 is 0 Å². The van der Waals surface area contributed by atoms with Crippen molar-refractivity contribution in [1.82, 2.24) is 10.3 Å². The summed E-state index contributed by atoms with van der Waals surface area (Å²) in [6.45, 7) is 6.91. The molecule has 0 aliphatic carbocycles. The average molecular weight is 353 g/mol. The van der Waals surface area contributed by atoms with E-state index < -0.39 is 0 Å². The molecule has 2 amide bonds. The fourth-order valence-corrected chi connectivity index (χ4v) is 2.68. The van der Waals surface area contributed by atoms with Crippen LogP contribution in [0.4, 0.5) is 5.69 Å². The highest BCUT2D eigenvalue weighted by atomic mass is 16.2. The molecule has 2 aromatic rings. The van der Waals surface area contributed by atoms with Crippen molar-refractivity contribution in [3.63, 3.8) is 0 Å². The van der Waals surface area contributed by atoms with E-state index in [9.17, 15) is 9.59 Å². The van der Waals surface area contributed by atoms with Gasteiger partial charge in [0.25, 0.3) is 11.8 Å². The van der Waals surface area contributed by atoms with E-state index in [4.69, 9.17) is 0 Å². The maximum atomic E-state index is 12.6. The maximum absolute atomic E-state index is 12.6. The van der Waals surface area contributed by atoms with Crippen LogP contribution in [0.15, 0.2) is 42.6 Å². The standard InChI is InChI=1S/C21H27N3O2/c1-4-5-8-12-23-20(25)16-11-13-22-19(14-16)21(26)24-18-10-7-6-9-17(18)15(2)3/h6-7,9-11,13-15H,4-5,8,12H2,1-3H3,(H,23,25)(H,24,26). The Morgan fingerprint density at radius 2 is 1.85 bits per heavy atom. The molecule has 0 aliphatic rings. The summed E-state index contributed by atoms with van der Waals surface area (Å²) >= 11 is 0. The van der Waals surface area contributed by atoms with Crippen LogP contribution in [0.2, 0.25) is 0 Å². The molecule has 0 aliphatic heterocycles. The molecule has 138 valence electrons. The molecule has 1 aromatic carbocycles. The number of rotatable bonds is 8. The summed E-state index contributed by atoms with van der Waals surface area (Å²) in [5.74, 6) is -0.210. The Bertz CT molecular complexity index is 756. The minimum atomic E-state index is -0.321. The first-order chi connectivity index (χ1) is 12.5. The average Bonchev–Trinajstić information content (AvgIpc) is 2.65. The van der Waals surface area contributed by atoms with Crippen LogP contribution in [0.1, 0.15) is 72.4 Å². The molecule has 1 heterocycles. The second kappa shape index (κ2) is 9.70. The number of amides is 2. The van der Waals surface area contributed by atoms with Gasteiger partial charge in [-0.25, -0.2) is 0 Å². The van der Waals surface area contributed by atoms with Gasteiger partial charge in [0.05, 0.1) is 0 Å². The molecule has 0 saturated carbocycles. The molecular weight excluding hydrogens is 326 g/mol. The van der Waals surface area contributed by atoms with Gasteiger partial charge in [0, 0.05) is 24.0 Å². The van der Waals surface area contributed by atoms with Crippen molar-refractivity contribution in [1.29, 1.82) is 0 Å². The Hall–Kier alpha value is -2.69. The van der Waals surface area contributed by atoms with E-state index in [0.29, 0.717) is 18.0 Å². The van der Waals surface area contributed by atoms with Gasteiger partial charge in [-0.05, 0) is 36.1 Å². The summed E-state index contributed by atoms with van der Waals surface area (Å²) in [5.41, 5.74) is 2.50. The Kier molecular flexibility index (Phi) is 7.33. The molecule has 0 bridgehead atoms. The third-order valence-electron chi connectivity index (χ3n) is 4.15. The van der Waals surface area contributed by atoms with Crippen molar-refractivity contribution in [3.8, 4) is 0 Å². The van der Waals surface area contributed by atoms with E-state index in [2.05, 4.69) is 36.4 Å². The topological polar surface area (TPSA) is 71.1 Å². The zero-order chi connectivity index (χ0) is 18.9. The molecular formula is C21H27N3O2. The second-order valence-corrected chi connectivity index (χ2v) is 6.59. The third-order valence-corrected chi connectivity index (χ3v) is 4.15. The molecule has 0 spiro atoms. The van der Waals surface area contributed by atoms with E-state index in [0.717, 1.165) is 30.5 Å². The predicted molar refractivity (Wildman–Crippen MR) is 105 cm³/mol. The second-order valence-electron chi connectivity index (χ2n) is 6.59. The highest BCUT2D eigenvalue weighted by Gasteiger charge is 2.14. The van der Waals surface area contributed by atoms with Gasteiger partial charge >= 0.3 is 0 Å². The lowest BCUT2D eigenvalue weighted by Gasteiger charge is -2.13. The van der Waals surface area contributed by atoms with Crippen molar-refractivity contribution in [2.24, 2.45) is 0 Å². The fourth-order valence-electron chi connectivity index (χ4n) is 2.68. The van der Waals surface area contributed by atoms with Crippen LogP contribution in [0, 0.1) is 0 Å². The summed E-state index contributed by atoms with van der Waals surface area (Å²) in [4.78, 5) is 28.9. The SMILES string of the molecule is CCCCCNC(=O)c1ccnc(C(=O)Nc2ccccc2C(C)C)c1. The number of unbranched alkanes of at least 4 members (excludes halogenated alkanes) is 2. The first-order valence-electron chi connectivity index (χ1n) is 9.17. The lowest BCUT2D eigenvalue weighted by Crippen LogP contribution is -2.25. The summed E-state index contributed by atoms with van der Waals surface area (Å²) in [6.07, 6.45) is 4.63. The molecule has 5 heteroatoms. The number of nitrogens with one attached hydrogen (secondary N) is 2. The van der Waals surface area contributed by atoms with Gasteiger partial charge in [0.15, 0.2) is 0 Å². The highest BCUT2D eigenvalue weighted by molar-refractivity contribution is 6.05. The van der Waals surface area contributed by atoms with Gasteiger partial charge in [-0.2, -0.15) is 0 Å². The fraction of sp³-hybridized carbons (Fsp3) is 0.381. The molecule has 0 fully saturated rings. The molecule has 2 N–H and O–H groups in total. The monoisotopic (exact) mass is 353 g/mol. The van der Waals surface area contributed by atoms with E-state index in [1.54, 1.807) is 6.07 Å². The summed E-state index contributed by atoms with van der Waals surface area (Å²) in [7, 11) is 0. The van der Waals surface area contributed by atoms with Crippen LogP contribution in [0.5, 0.6) is 0 Å². The molecule has 2 rings (SSSR count). The van der Waals surface area contributed by atoms with Crippen LogP contribution in [0.3, 0.4) is 0 Å². The maximum Gasteiger partial charge on any atom is 0.274 e. The molecule has 0 radical (unpaired) electrons. The number of pyridine rings is 1. The molecule has 1 aromatic heterocycles. The van der Waals surface area contributed by atoms with Crippen LogP contribution in [-0.2, 0) is 0 Å². The van der Waals surface area contributed by atoms with Crippen molar-refractivity contribution >= 4 is 17.5 Å². The zero-order valence-electron chi connectivity index (χ0n) is 15.7. The normalized spacial score (nSPS) is 10.6. The van der Waals surface area contributed by atoms with E-state index in [1.165, 1.54) is 12.3 Å². The Labute approximate surface area is 155 Å². The summed E-state index contributed by atoms with van der Waals surface area (Å²) in [5, 5.41) is 5.78. The van der Waals surface area contributed by atoms with Gasteiger partial charge in [0.1, 0.15) is 5.69 Å². The van der Waals surface area contributed by atoms with Crippen LogP contribution < -0.4 is 10.6 Å². The quantitative estimate of drug-likeness (QED) is 0.692. The van der Waals surface area contributed by atoms with Crippen molar-refractivity contribution in [2.45, 2.75) is 46.0 Å². The van der Waals surface area contributed by atoms with Gasteiger partial charge in [-0.1, -0.05) is 51.8 Å². The Morgan fingerprint density at radius 3 is 2.58 bits per heavy atom. The van der Waals surface area contributed by atoms with Crippen molar-refractivity contribution < 1.29 is 9.59 Å². The van der Waals surface area contributed by atoms with Crippen molar-refractivity contribution in [3.05, 3.63) is 59.4 Å². The first-order valence-corrected chi connectivity index (χ1v) is 9.17. The lowest BCUT2D eigenvalue weighted by atomic mass is 10.0. The van der Waals surface area contributed by atoms with Gasteiger partial charge < -0.3 is 10.6 Å². The van der Waals surface area contributed by atoms with E-state index in [1.807, 2.05) is 24.3 Å². The molecule has 26 heavy (non-hydrogen) atoms. The lowest BCUT2D eigenvalue weighted by molar-refractivity contribution is 0.0953. The van der Waals surface area contributed by atoms with Gasteiger partial charge in [-0.15, -0.1) is 0 Å². The smallest absolute Gasteiger partial charge is 0.274 e. The minimum Gasteiger partial charge on any atom is -0.352 e. The number of nitrogens with zero attached hydrogens (tertiary/aromatic N) is 1. The number of carbonyl (C=O) groups is 2. The predicted octanol–water partition coefficient (Wildman–Crippen LogP) is 4.38. The molecule has 0 atom stereocenters. The van der Waals surface area contributed by atoms with E-state index >= 15 is 0 Å². The van der Waals surface area contributed by atoms with Crippen molar-refractivity contribution in [2.75, 3.05) is 11.9 Å². The summed E-state index contributed by atoms with van der Waals surface area (Å²) in [6, 6.07) is 10.9. The number of anilines is 1. The highest BCUT2D eigenvalue weighted by Crippen LogP contribution is 2.24. The molecule has 5 nitrogen and oxygen atoms in total. The number of hydrogen-bond acceptors (Lipinski definition) is 3. The Morgan fingerprint density at radius 1 is 1.08 bits per heavy atom. The van der Waals surface area contributed by atoms with Crippen LogP contribution in [0.25, 0.3) is 0 Å². The number of hydrogen-bond donors (Lipinski definition) is 2.